The summed E-state index contributed by atoms with van der Waals surface area (Å²) in [7, 11) is 0. The van der Waals surface area contributed by atoms with E-state index in [2.05, 4.69) is 16.6 Å². The first-order valence-electron chi connectivity index (χ1n) is 4.84. The van der Waals surface area contributed by atoms with Crippen LogP contribution >= 0.6 is 0 Å². The molecule has 0 aliphatic rings. The van der Waals surface area contributed by atoms with Crippen molar-refractivity contribution in [3.8, 4) is 0 Å². The van der Waals surface area contributed by atoms with Crippen LogP contribution in [0.3, 0.4) is 0 Å². The second-order valence-electron chi connectivity index (χ2n) is 2.88. The fraction of sp³-hybridized carbons (Fsp3) is 0.778. The summed E-state index contributed by atoms with van der Waals surface area (Å²) in [5, 5.41) is 3.33. The number of nitrogens with two attached hydrogens (primary N) is 1. The first-order chi connectivity index (χ1) is 7.31. The van der Waals surface area contributed by atoms with Crippen molar-refractivity contribution in [2.24, 2.45) is 10.8 Å². The van der Waals surface area contributed by atoms with E-state index in [9.17, 15) is 0 Å². The Labute approximate surface area is 89.7 Å². The molecule has 0 unspecified atom stereocenters. The first kappa shape index (κ1) is 13.9. The maximum atomic E-state index is 7.97. The maximum Gasteiger partial charge on any atom is 0.0700 e. The summed E-state index contributed by atoms with van der Waals surface area (Å²) in [6.45, 7) is 6.73. The van der Waals surface area contributed by atoms with E-state index in [1.165, 1.54) is 0 Å². The highest BCUT2D eigenvalue weighted by atomic mass is 16.5. The number of hydrogen-bond donors (Lipinski definition) is 1. The first-order valence-corrected chi connectivity index (χ1v) is 4.84. The lowest BCUT2D eigenvalue weighted by atomic mass is 10.2. The molecule has 2 N–H and O–H groups in total. The average molecular weight is 214 g/mol. The molecule has 0 heterocycles. The molecule has 0 aromatic rings. The standard InChI is InChI=1S/C9H18N4O2/c1-9(8-10)2-4-14-6-7-15-5-3-12-13-11/h1-8,10H2. The molecular weight excluding hydrogens is 196 g/mol. The van der Waals surface area contributed by atoms with Crippen LogP contribution in [0.5, 0.6) is 0 Å². The number of nitrogens with zero attached hydrogens (tertiary/aromatic N) is 3. The number of ether oxygens (including phenoxy) is 2. The van der Waals surface area contributed by atoms with Crippen LogP contribution in [0.15, 0.2) is 17.3 Å². The van der Waals surface area contributed by atoms with Crippen molar-refractivity contribution in [2.45, 2.75) is 6.42 Å². The maximum absolute atomic E-state index is 7.97. The Balaban J connectivity index is 3.05. The van der Waals surface area contributed by atoms with Crippen LogP contribution in [0.2, 0.25) is 0 Å². The van der Waals surface area contributed by atoms with Gasteiger partial charge in [-0.3, -0.25) is 0 Å². The SMILES string of the molecule is C=C(CN)CCOCCOCCN=[N+]=[N-]. The van der Waals surface area contributed by atoms with Gasteiger partial charge in [0.2, 0.25) is 0 Å². The lowest BCUT2D eigenvalue weighted by molar-refractivity contribution is 0.0519. The van der Waals surface area contributed by atoms with Crippen LogP contribution in [0, 0.1) is 0 Å². The third kappa shape index (κ3) is 10.9. The van der Waals surface area contributed by atoms with Gasteiger partial charge in [-0.25, -0.2) is 0 Å². The van der Waals surface area contributed by atoms with Crippen molar-refractivity contribution in [2.75, 3.05) is 39.5 Å². The molecule has 0 radical (unpaired) electrons. The summed E-state index contributed by atoms with van der Waals surface area (Å²) in [5.41, 5.74) is 14.3. The molecule has 0 saturated heterocycles. The lowest BCUT2D eigenvalue weighted by Gasteiger charge is -2.05. The minimum atomic E-state index is 0.362. The molecule has 6 heteroatoms. The molecule has 15 heavy (non-hydrogen) atoms. The Morgan fingerprint density at radius 1 is 1.27 bits per heavy atom. The van der Waals surface area contributed by atoms with Crippen LogP contribution in [0.1, 0.15) is 6.42 Å². The Kier molecular flexibility index (Phi) is 10.2. The van der Waals surface area contributed by atoms with Crippen molar-refractivity contribution in [1.29, 1.82) is 0 Å². The van der Waals surface area contributed by atoms with E-state index in [0.717, 1.165) is 12.0 Å². The summed E-state index contributed by atoms with van der Waals surface area (Å²) in [6.07, 6.45) is 0.787. The van der Waals surface area contributed by atoms with E-state index >= 15 is 0 Å². The smallest absolute Gasteiger partial charge is 0.0700 e. The molecule has 0 aliphatic heterocycles. The average Bonchev–Trinajstić information content (AvgIpc) is 2.26. The highest BCUT2D eigenvalue weighted by molar-refractivity contribution is 4.94. The van der Waals surface area contributed by atoms with Crippen LogP contribution < -0.4 is 5.73 Å². The van der Waals surface area contributed by atoms with Gasteiger partial charge in [-0.1, -0.05) is 17.3 Å². The number of hydrogen-bond acceptors (Lipinski definition) is 4. The van der Waals surface area contributed by atoms with Crippen LogP contribution in [0.25, 0.3) is 10.4 Å². The zero-order valence-corrected chi connectivity index (χ0v) is 8.89. The normalized spacial score (nSPS) is 9.67. The summed E-state index contributed by atoms with van der Waals surface area (Å²) in [6, 6.07) is 0. The van der Waals surface area contributed by atoms with Crippen LogP contribution in [-0.2, 0) is 9.47 Å². The minimum absolute atomic E-state index is 0.362. The van der Waals surface area contributed by atoms with Gasteiger partial charge in [0.15, 0.2) is 0 Å². The van der Waals surface area contributed by atoms with Gasteiger partial charge in [-0.05, 0) is 12.0 Å². The molecule has 0 aliphatic carbocycles. The van der Waals surface area contributed by atoms with Gasteiger partial charge in [-0.15, -0.1) is 0 Å². The molecule has 0 rings (SSSR count). The summed E-state index contributed by atoms with van der Waals surface area (Å²) in [4.78, 5) is 2.60. The Morgan fingerprint density at radius 3 is 2.53 bits per heavy atom. The van der Waals surface area contributed by atoms with E-state index in [-0.39, 0.29) is 0 Å². The fourth-order valence-electron chi connectivity index (χ4n) is 0.791. The molecule has 0 amide bonds. The van der Waals surface area contributed by atoms with Gasteiger partial charge in [0.1, 0.15) is 0 Å². The topological polar surface area (TPSA) is 93.2 Å². The summed E-state index contributed by atoms with van der Waals surface area (Å²) in [5.74, 6) is 0. The molecular formula is C9H18N4O2. The fourth-order valence-corrected chi connectivity index (χ4v) is 0.791. The van der Waals surface area contributed by atoms with E-state index < -0.39 is 0 Å². The van der Waals surface area contributed by atoms with Gasteiger partial charge in [0.05, 0.1) is 26.4 Å². The zero-order chi connectivity index (χ0) is 11.4. The lowest BCUT2D eigenvalue weighted by Crippen LogP contribution is -2.09. The summed E-state index contributed by atoms with van der Waals surface area (Å²) >= 11 is 0. The van der Waals surface area contributed by atoms with Crippen LogP contribution in [0.4, 0.5) is 0 Å². The van der Waals surface area contributed by atoms with Crippen molar-refractivity contribution < 1.29 is 9.47 Å². The van der Waals surface area contributed by atoms with Gasteiger partial charge >= 0.3 is 0 Å². The molecule has 0 aromatic heterocycles. The van der Waals surface area contributed by atoms with Crippen molar-refractivity contribution in [1.82, 2.24) is 0 Å². The zero-order valence-electron chi connectivity index (χ0n) is 8.89. The Hall–Kier alpha value is -1.07. The second-order valence-corrected chi connectivity index (χ2v) is 2.88. The van der Waals surface area contributed by atoms with E-state index in [0.29, 0.717) is 39.5 Å². The highest BCUT2D eigenvalue weighted by Crippen LogP contribution is 1.94. The predicted octanol–water partition coefficient (Wildman–Crippen LogP) is 1.23. The van der Waals surface area contributed by atoms with Gasteiger partial charge < -0.3 is 15.2 Å². The molecule has 86 valence electrons. The number of rotatable bonds is 10. The third-order valence-corrected chi connectivity index (χ3v) is 1.66. The molecule has 6 nitrogen and oxygen atoms in total. The Morgan fingerprint density at radius 2 is 1.93 bits per heavy atom. The summed E-state index contributed by atoms with van der Waals surface area (Å²) < 4.78 is 10.4. The molecule has 0 saturated carbocycles. The van der Waals surface area contributed by atoms with Crippen molar-refractivity contribution >= 4 is 0 Å². The Bertz CT molecular complexity index is 214. The minimum Gasteiger partial charge on any atom is -0.379 e. The van der Waals surface area contributed by atoms with Gasteiger partial charge in [0.25, 0.3) is 0 Å². The quantitative estimate of drug-likeness (QED) is 0.195. The van der Waals surface area contributed by atoms with Crippen LogP contribution in [-0.4, -0.2) is 39.5 Å². The van der Waals surface area contributed by atoms with Crippen molar-refractivity contribution in [3.63, 3.8) is 0 Å². The van der Waals surface area contributed by atoms with Gasteiger partial charge in [-0.2, -0.15) is 0 Å². The highest BCUT2D eigenvalue weighted by Gasteiger charge is 1.92. The van der Waals surface area contributed by atoms with E-state index in [1.54, 1.807) is 0 Å². The molecule has 0 spiro atoms. The molecule has 0 aromatic carbocycles. The van der Waals surface area contributed by atoms with E-state index in [4.69, 9.17) is 20.7 Å². The van der Waals surface area contributed by atoms with E-state index in [1.807, 2.05) is 0 Å². The molecule has 0 atom stereocenters. The third-order valence-electron chi connectivity index (χ3n) is 1.66. The molecule has 0 fully saturated rings. The monoisotopic (exact) mass is 214 g/mol. The predicted molar refractivity (Wildman–Crippen MR) is 58.5 cm³/mol. The number of azide groups is 1. The molecule has 0 bridgehead atoms. The largest absolute Gasteiger partial charge is 0.379 e. The van der Waals surface area contributed by atoms with Gasteiger partial charge in [0, 0.05) is 18.0 Å². The van der Waals surface area contributed by atoms with Crippen molar-refractivity contribution in [3.05, 3.63) is 22.6 Å². The second kappa shape index (κ2) is 11.0.